The molecule has 2 amide bonds. The number of rotatable bonds is 5. The van der Waals surface area contributed by atoms with Gasteiger partial charge in [0.1, 0.15) is 0 Å². The zero-order valence-corrected chi connectivity index (χ0v) is 14.8. The Bertz CT molecular complexity index is 771. The monoisotopic (exact) mass is 336 g/mol. The summed E-state index contributed by atoms with van der Waals surface area (Å²) in [5, 5.41) is 3.02. The predicted molar refractivity (Wildman–Crippen MR) is 101 cm³/mol. The Balaban J connectivity index is 1.75. The fourth-order valence-corrected chi connectivity index (χ4v) is 3.43. The van der Waals surface area contributed by atoms with E-state index in [0.29, 0.717) is 6.42 Å². The third-order valence-electron chi connectivity index (χ3n) is 4.76. The molecule has 25 heavy (non-hydrogen) atoms. The van der Waals surface area contributed by atoms with Gasteiger partial charge in [0.05, 0.1) is 5.92 Å². The smallest absolute Gasteiger partial charge is 0.231 e. The number of benzene rings is 2. The number of hydrogen-bond donors (Lipinski definition) is 1. The van der Waals surface area contributed by atoms with Gasteiger partial charge in [-0.2, -0.15) is 0 Å². The second-order valence-electron chi connectivity index (χ2n) is 6.51. The van der Waals surface area contributed by atoms with Crippen LogP contribution in [0.1, 0.15) is 43.2 Å². The minimum atomic E-state index is -0.165. The van der Waals surface area contributed by atoms with Crippen LogP contribution in [0.5, 0.6) is 0 Å². The van der Waals surface area contributed by atoms with Gasteiger partial charge in [-0.3, -0.25) is 9.59 Å². The van der Waals surface area contributed by atoms with E-state index in [1.807, 2.05) is 67.3 Å². The molecule has 0 saturated carbocycles. The van der Waals surface area contributed by atoms with E-state index in [-0.39, 0.29) is 17.7 Å². The fraction of sp³-hybridized carbons (Fsp3) is 0.333. The number of anilines is 2. The standard InChI is InChI=1S/C21H24N2O2/c1-3-18(16-8-5-4-6-9-16)21(25)22-17-11-12-19(15(2)14-17)23-13-7-10-20(23)24/h4-6,8-9,11-12,14,18H,3,7,10,13H2,1-2H3,(H,22,25). The number of amides is 2. The highest BCUT2D eigenvalue weighted by Crippen LogP contribution is 2.28. The van der Waals surface area contributed by atoms with Gasteiger partial charge in [-0.1, -0.05) is 37.3 Å². The van der Waals surface area contributed by atoms with E-state index < -0.39 is 0 Å². The third-order valence-corrected chi connectivity index (χ3v) is 4.76. The van der Waals surface area contributed by atoms with Gasteiger partial charge in [-0.05, 0) is 49.1 Å². The van der Waals surface area contributed by atoms with Gasteiger partial charge in [-0.25, -0.2) is 0 Å². The summed E-state index contributed by atoms with van der Waals surface area (Å²) in [7, 11) is 0. The largest absolute Gasteiger partial charge is 0.326 e. The van der Waals surface area contributed by atoms with Crippen LogP contribution in [0, 0.1) is 6.92 Å². The molecule has 3 rings (SSSR count). The van der Waals surface area contributed by atoms with Crippen LogP contribution in [0.25, 0.3) is 0 Å². The van der Waals surface area contributed by atoms with E-state index in [2.05, 4.69) is 5.32 Å². The molecular weight excluding hydrogens is 312 g/mol. The Hall–Kier alpha value is -2.62. The van der Waals surface area contributed by atoms with Crippen LogP contribution in [0.15, 0.2) is 48.5 Å². The average molecular weight is 336 g/mol. The lowest BCUT2D eigenvalue weighted by atomic mass is 9.95. The fourth-order valence-electron chi connectivity index (χ4n) is 3.43. The van der Waals surface area contributed by atoms with Crippen molar-refractivity contribution < 1.29 is 9.59 Å². The molecule has 1 fully saturated rings. The van der Waals surface area contributed by atoms with E-state index in [4.69, 9.17) is 0 Å². The van der Waals surface area contributed by atoms with Gasteiger partial charge < -0.3 is 10.2 Å². The quantitative estimate of drug-likeness (QED) is 0.887. The maximum atomic E-state index is 12.7. The molecule has 1 heterocycles. The van der Waals surface area contributed by atoms with Crippen LogP contribution in [0.4, 0.5) is 11.4 Å². The van der Waals surface area contributed by atoms with Crippen molar-refractivity contribution in [2.45, 2.75) is 39.0 Å². The average Bonchev–Trinajstić information content (AvgIpc) is 3.02. The first-order valence-electron chi connectivity index (χ1n) is 8.87. The van der Waals surface area contributed by atoms with Crippen LogP contribution in [-0.2, 0) is 9.59 Å². The molecule has 0 aliphatic carbocycles. The minimum Gasteiger partial charge on any atom is -0.326 e. The van der Waals surface area contributed by atoms with Crippen LogP contribution in [0.2, 0.25) is 0 Å². The van der Waals surface area contributed by atoms with Crippen LogP contribution in [0.3, 0.4) is 0 Å². The summed E-state index contributed by atoms with van der Waals surface area (Å²) >= 11 is 0. The molecule has 0 radical (unpaired) electrons. The molecule has 1 atom stereocenters. The molecule has 1 saturated heterocycles. The molecule has 2 aromatic rings. The van der Waals surface area contributed by atoms with E-state index in [0.717, 1.165) is 41.9 Å². The number of carbonyl (C=O) groups is 2. The van der Waals surface area contributed by atoms with Gasteiger partial charge in [-0.15, -0.1) is 0 Å². The van der Waals surface area contributed by atoms with Gasteiger partial charge in [0.2, 0.25) is 11.8 Å². The lowest BCUT2D eigenvalue weighted by Gasteiger charge is -2.20. The number of aryl methyl sites for hydroxylation is 1. The molecule has 0 bridgehead atoms. The highest BCUT2D eigenvalue weighted by atomic mass is 16.2. The maximum absolute atomic E-state index is 12.7. The summed E-state index contributed by atoms with van der Waals surface area (Å²) in [4.78, 5) is 26.4. The Morgan fingerprint density at radius 2 is 1.96 bits per heavy atom. The summed E-state index contributed by atoms with van der Waals surface area (Å²) in [6.07, 6.45) is 2.27. The summed E-state index contributed by atoms with van der Waals surface area (Å²) in [6, 6.07) is 15.6. The van der Waals surface area contributed by atoms with Crippen molar-refractivity contribution in [3.8, 4) is 0 Å². The zero-order chi connectivity index (χ0) is 17.8. The second kappa shape index (κ2) is 7.51. The lowest BCUT2D eigenvalue weighted by Crippen LogP contribution is -2.25. The van der Waals surface area contributed by atoms with Crippen molar-refractivity contribution in [3.63, 3.8) is 0 Å². The molecule has 0 spiro atoms. The van der Waals surface area contributed by atoms with Crippen LogP contribution < -0.4 is 10.2 Å². The van der Waals surface area contributed by atoms with E-state index in [9.17, 15) is 9.59 Å². The number of carbonyl (C=O) groups excluding carboxylic acids is 2. The Labute approximate surface area is 148 Å². The summed E-state index contributed by atoms with van der Waals surface area (Å²) in [5.41, 5.74) is 3.74. The van der Waals surface area contributed by atoms with Gasteiger partial charge in [0, 0.05) is 24.3 Å². The molecule has 1 N–H and O–H groups in total. The topological polar surface area (TPSA) is 49.4 Å². The molecule has 0 aromatic heterocycles. The molecule has 1 unspecified atom stereocenters. The van der Waals surface area contributed by atoms with Crippen molar-refractivity contribution >= 4 is 23.2 Å². The second-order valence-corrected chi connectivity index (χ2v) is 6.51. The molecule has 130 valence electrons. The number of nitrogens with zero attached hydrogens (tertiary/aromatic N) is 1. The van der Waals surface area contributed by atoms with Crippen LogP contribution in [-0.4, -0.2) is 18.4 Å². The molecule has 2 aromatic carbocycles. The first-order valence-corrected chi connectivity index (χ1v) is 8.87. The molecule has 4 heteroatoms. The minimum absolute atomic E-state index is 0.00176. The predicted octanol–water partition coefficient (Wildman–Crippen LogP) is 4.25. The molecule has 4 nitrogen and oxygen atoms in total. The van der Waals surface area contributed by atoms with Crippen molar-refractivity contribution in [1.29, 1.82) is 0 Å². The maximum Gasteiger partial charge on any atom is 0.231 e. The number of nitrogens with one attached hydrogen (secondary N) is 1. The summed E-state index contributed by atoms with van der Waals surface area (Å²) < 4.78 is 0. The normalized spacial score (nSPS) is 15.3. The summed E-state index contributed by atoms with van der Waals surface area (Å²) in [6.45, 7) is 4.77. The van der Waals surface area contributed by atoms with Crippen molar-refractivity contribution in [1.82, 2.24) is 0 Å². The first-order chi connectivity index (χ1) is 12.1. The van der Waals surface area contributed by atoms with E-state index in [1.54, 1.807) is 0 Å². The van der Waals surface area contributed by atoms with E-state index in [1.165, 1.54) is 0 Å². The van der Waals surface area contributed by atoms with Crippen LogP contribution >= 0.6 is 0 Å². The van der Waals surface area contributed by atoms with Crippen molar-refractivity contribution in [3.05, 3.63) is 59.7 Å². The zero-order valence-electron chi connectivity index (χ0n) is 14.8. The van der Waals surface area contributed by atoms with Gasteiger partial charge in [0.25, 0.3) is 0 Å². The first kappa shape index (κ1) is 17.2. The number of hydrogen-bond acceptors (Lipinski definition) is 2. The Morgan fingerprint density at radius 3 is 2.56 bits per heavy atom. The van der Waals surface area contributed by atoms with Crippen molar-refractivity contribution in [2.75, 3.05) is 16.8 Å². The third kappa shape index (κ3) is 3.73. The summed E-state index contributed by atoms with van der Waals surface area (Å²) in [5.74, 6) is 0.00875. The Kier molecular flexibility index (Phi) is 5.17. The van der Waals surface area contributed by atoms with Gasteiger partial charge >= 0.3 is 0 Å². The molecule has 1 aliphatic rings. The van der Waals surface area contributed by atoms with Gasteiger partial charge in [0.15, 0.2) is 0 Å². The lowest BCUT2D eigenvalue weighted by molar-refractivity contribution is -0.118. The molecule has 1 aliphatic heterocycles. The Morgan fingerprint density at radius 1 is 1.20 bits per heavy atom. The SMILES string of the molecule is CCC(C(=O)Nc1ccc(N2CCCC2=O)c(C)c1)c1ccccc1. The molecular formula is C21H24N2O2. The highest BCUT2D eigenvalue weighted by molar-refractivity contribution is 5.98. The highest BCUT2D eigenvalue weighted by Gasteiger charge is 2.23. The van der Waals surface area contributed by atoms with Crippen molar-refractivity contribution in [2.24, 2.45) is 0 Å². The van der Waals surface area contributed by atoms with E-state index >= 15 is 0 Å².